The Labute approximate surface area is 200 Å². The molecule has 0 saturated carbocycles. The molecule has 182 valence electrons. The molecule has 0 unspecified atom stereocenters. The van der Waals surface area contributed by atoms with Crippen LogP contribution in [0.1, 0.15) is 26.3 Å². The van der Waals surface area contributed by atoms with Crippen LogP contribution >= 0.6 is 12.2 Å². The topological polar surface area (TPSA) is 112 Å². The number of benzene rings is 1. The second-order valence-corrected chi connectivity index (χ2v) is 8.75. The van der Waals surface area contributed by atoms with Gasteiger partial charge in [-0.15, -0.1) is 0 Å². The fourth-order valence-corrected chi connectivity index (χ4v) is 3.73. The Balaban J connectivity index is 2.15. The predicted molar refractivity (Wildman–Crippen MR) is 119 cm³/mol. The van der Waals surface area contributed by atoms with Gasteiger partial charge < -0.3 is 18.9 Å². The Morgan fingerprint density at radius 3 is 2.56 bits per heavy atom. The third-order valence-corrected chi connectivity index (χ3v) is 5.12. The van der Waals surface area contributed by atoms with Crippen LogP contribution in [0.15, 0.2) is 30.3 Å². The molecule has 1 aromatic rings. The molecule has 0 N–H and O–H groups in total. The van der Waals surface area contributed by atoms with Crippen molar-refractivity contribution in [3.05, 3.63) is 41.7 Å². The largest absolute Gasteiger partial charge is 0.466 e. The van der Waals surface area contributed by atoms with Crippen LogP contribution in [0.3, 0.4) is 0 Å². The highest BCUT2D eigenvalue weighted by Gasteiger charge is 2.64. The van der Waals surface area contributed by atoms with Gasteiger partial charge in [0.1, 0.15) is 18.0 Å². The summed E-state index contributed by atoms with van der Waals surface area (Å²) in [6.45, 7) is 4.60. The molecule has 34 heavy (non-hydrogen) atoms. The first-order valence-electron chi connectivity index (χ1n) is 10.2. The molecule has 2 aliphatic heterocycles. The number of carbonyl (C=O) groups excluding carboxylic acids is 4. The fourth-order valence-electron chi connectivity index (χ4n) is 3.41. The van der Waals surface area contributed by atoms with Gasteiger partial charge in [0.2, 0.25) is 0 Å². The number of hydrogen-bond acceptors (Lipinski definition) is 9. The molecule has 1 aromatic carbocycles. The van der Waals surface area contributed by atoms with Crippen molar-refractivity contribution in [3.8, 4) is 0 Å². The normalized spacial score (nSPS) is 22.6. The Morgan fingerprint density at radius 2 is 2.00 bits per heavy atom. The SMILES string of the molecule is COC(=O)[C@]1(/C=C/c2cccc(F)c2)OC(=S)N(C(=O)OC(C)(C)C)[C@@H]1C(=O)N1CCOC1=O. The van der Waals surface area contributed by atoms with E-state index in [0.29, 0.717) is 10.5 Å². The number of cyclic esters (lactones) is 1. The molecule has 12 heteroatoms. The maximum absolute atomic E-state index is 13.7. The van der Waals surface area contributed by atoms with E-state index in [1.165, 1.54) is 30.3 Å². The number of hydrogen-bond donors (Lipinski definition) is 0. The lowest BCUT2D eigenvalue weighted by molar-refractivity contribution is -0.159. The van der Waals surface area contributed by atoms with E-state index in [1.807, 2.05) is 0 Å². The lowest BCUT2D eigenvalue weighted by Gasteiger charge is -2.31. The van der Waals surface area contributed by atoms with E-state index in [-0.39, 0.29) is 13.2 Å². The zero-order chi connectivity index (χ0) is 25.3. The van der Waals surface area contributed by atoms with E-state index in [0.717, 1.165) is 18.1 Å². The molecule has 3 amide bonds. The van der Waals surface area contributed by atoms with Crippen LogP contribution in [0.2, 0.25) is 0 Å². The van der Waals surface area contributed by atoms with Gasteiger partial charge in [0.15, 0.2) is 6.04 Å². The van der Waals surface area contributed by atoms with E-state index in [9.17, 15) is 23.6 Å². The van der Waals surface area contributed by atoms with E-state index >= 15 is 0 Å². The fraction of sp³-hybridized carbons (Fsp3) is 0.409. The molecule has 0 spiro atoms. The number of ether oxygens (including phenoxy) is 4. The number of carbonyl (C=O) groups is 4. The van der Waals surface area contributed by atoms with Crippen LogP contribution in [0, 0.1) is 5.82 Å². The molecule has 3 rings (SSSR count). The summed E-state index contributed by atoms with van der Waals surface area (Å²) in [7, 11) is 1.05. The zero-order valence-corrected chi connectivity index (χ0v) is 19.7. The smallest absolute Gasteiger partial charge is 0.418 e. The van der Waals surface area contributed by atoms with Crippen molar-refractivity contribution in [2.45, 2.75) is 38.0 Å². The first kappa shape index (κ1) is 25.1. The highest BCUT2D eigenvalue weighted by atomic mass is 32.1. The second-order valence-electron chi connectivity index (χ2n) is 8.40. The highest BCUT2D eigenvalue weighted by molar-refractivity contribution is 7.80. The standard InChI is InChI=1S/C22H23FN2O8S/c1-21(2,3)32-19(29)25-15(16(26)24-10-11-31-18(24)28)22(17(27)30-4,33-20(25)34)9-8-13-6-5-7-14(23)12-13/h5-9,12,15H,10-11H2,1-4H3/b9-8+/t15-,22-/m1/s1. The lowest BCUT2D eigenvalue weighted by Crippen LogP contribution is -2.60. The Hall–Kier alpha value is -3.54. The van der Waals surface area contributed by atoms with Gasteiger partial charge in [0.25, 0.3) is 16.7 Å². The molecule has 0 radical (unpaired) electrons. The summed E-state index contributed by atoms with van der Waals surface area (Å²) < 4.78 is 34.4. The molecular formula is C22H23FN2O8S. The third-order valence-electron chi connectivity index (χ3n) is 4.84. The first-order valence-corrected chi connectivity index (χ1v) is 10.6. The average Bonchev–Trinajstić information content (AvgIpc) is 3.31. The second kappa shape index (κ2) is 9.37. The van der Waals surface area contributed by atoms with Crippen LogP contribution in [0.5, 0.6) is 0 Å². The minimum absolute atomic E-state index is 0.0700. The molecule has 2 atom stereocenters. The zero-order valence-electron chi connectivity index (χ0n) is 18.9. The van der Waals surface area contributed by atoms with Gasteiger partial charge in [0, 0.05) is 0 Å². The molecule has 0 aromatic heterocycles. The molecule has 2 aliphatic rings. The van der Waals surface area contributed by atoms with Crippen LogP contribution in [-0.4, -0.2) is 76.5 Å². The summed E-state index contributed by atoms with van der Waals surface area (Å²) in [5.41, 5.74) is -2.96. The number of nitrogens with zero attached hydrogens (tertiary/aromatic N) is 2. The Bertz CT molecular complexity index is 1070. The van der Waals surface area contributed by atoms with Crippen molar-refractivity contribution in [2.75, 3.05) is 20.3 Å². The maximum atomic E-state index is 13.7. The maximum Gasteiger partial charge on any atom is 0.418 e. The van der Waals surface area contributed by atoms with E-state index in [4.69, 9.17) is 31.2 Å². The lowest BCUT2D eigenvalue weighted by atomic mass is 9.91. The molecule has 10 nitrogen and oxygen atoms in total. The molecule has 2 fully saturated rings. The van der Waals surface area contributed by atoms with E-state index in [1.54, 1.807) is 20.8 Å². The van der Waals surface area contributed by atoms with Gasteiger partial charge in [-0.2, -0.15) is 0 Å². The van der Waals surface area contributed by atoms with Gasteiger partial charge in [0.05, 0.1) is 13.7 Å². The van der Waals surface area contributed by atoms with Gasteiger partial charge in [-0.05, 0) is 56.8 Å². The molecule has 0 bridgehead atoms. The molecule has 0 aliphatic carbocycles. The van der Waals surface area contributed by atoms with Gasteiger partial charge in [-0.25, -0.2) is 28.6 Å². The predicted octanol–water partition coefficient (Wildman–Crippen LogP) is 2.65. The van der Waals surface area contributed by atoms with Gasteiger partial charge in [-0.1, -0.05) is 18.2 Å². The first-order chi connectivity index (χ1) is 15.9. The van der Waals surface area contributed by atoms with Crippen LogP contribution in [0.25, 0.3) is 6.08 Å². The molecule has 2 saturated heterocycles. The number of esters is 1. The summed E-state index contributed by atoms with van der Waals surface area (Å²) >= 11 is 5.19. The highest BCUT2D eigenvalue weighted by Crippen LogP contribution is 2.36. The van der Waals surface area contributed by atoms with Gasteiger partial charge in [-0.3, -0.25) is 4.79 Å². The summed E-state index contributed by atoms with van der Waals surface area (Å²) in [5.74, 6) is -2.62. The van der Waals surface area contributed by atoms with Crippen LogP contribution in [0.4, 0.5) is 14.0 Å². The van der Waals surface area contributed by atoms with Gasteiger partial charge >= 0.3 is 18.2 Å². The number of halogens is 1. The van der Waals surface area contributed by atoms with Crippen LogP contribution < -0.4 is 0 Å². The summed E-state index contributed by atoms with van der Waals surface area (Å²) in [6, 6.07) is 3.57. The Morgan fingerprint density at radius 1 is 1.29 bits per heavy atom. The number of imide groups is 1. The van der Waals surface area contributed by atoms with Crippen molar-refractivity contribution in [1.29, 1.82) is 0 Å². The Kier molecular flexibility index (Phi) is 6.92. The van der Waals surface area contributed by atoms with Crippen molar-refractivity contribution in [3.63, 3.8) is 0 Å². The van der Waals surface area contributed by atoms with E-state index in [2.05, 4.69) is 0 Å². The minimum atomic E-state index is -2.30. The molecular weight excluding hydrogens is 471 g/mol. The van der Waals surface area contributed by atoms with Crippen LogP contribution in [-0.2, 0) is 28.5 Å². The van der Waals surface area contributed by atoms with Crippen molar-refractivity contribution in [1.82, 2.24) is 9.80 Å². The van der Waals surface area contributed by atoms with E-state index < -0.39 is 52.3 Å². The number of thiocarbonyl (C=S) groups is 1. The summed E-state index contributed by atoms with van der Waals surface area (Å²) in [6.07, 6.45) is 0.408. The summed E-state index contributed by atoms with van der Waals surface area (Å²) in [4.78, 5) is 53.1. The third kappa shape index (κ3) is 4.86. The number of methoxy groups -OCH3 is 1. The minimum Gasteiger partial charge on any atom is -0.466 e. The molecule has 2 heterocycles. The number of amides is 3. The van der Waals surface area contributed by atoms with Crippen molar-refractivity contribution in [2.24, 2.45) is 0 Å². The summed E-state index contributed by atoms with van der Waals surface area (Å²) in [5, 5.41) is -0.547. The number of rotatable bonds is 4. The van der Waals surface area contributed by atoms with Crippen molar-refractivity contribution < 1.29 is 42.5 Å². The monoisotopic (exact) mass is 494 g/mol. The average molecular weight is 494 g/mol. The van der Waals surface area contributed by atoms with Crippen molar-refractivity contribution >= 4 is 47.5 Å². The quantitative estimate of drug-likeness (QED) is 0.354.